The summed E-state index contributed by atoms with van der Waals surface area (Å²) in [7, 11) is 1.64. The Morgan fingerprint density at radius 1 is 1.47 bits per heavy atom. The van der Waals surface area contributed by atoms with Gasteiger partial charge in [-0.1, -0.05) is 23.0 Å². The molecule has 0 spiro atoms. The molecule has 1 unspecified atom stereocenters. The van der Waals surface area contributed by atoms with Crippen LogP contribution in [0, 0.1) is 0 Å². The summed E-state index contributed by atoms with van der Waals surface area (Å²) in [6.07, 6.45) is 1.49. The SMILES string of the molecule is CCc1nnsc1C(N)Cc1cc(Cl)ccc1OC. The van der Waals surface area contributed by atoms with Crippen molar-refractivity contribution in [1.82, 2.24) is 9.59 Å². The first-order valence-corrected chi connectivity index (χ1v) is 7.20. The number of aromatic nitrogens is 2. The number of nitrogens with zero attached hydrogens (tertiary/aromatic N) is 2. The Morgan fingerprint density at radius 3 is 2.95 bits per heavy atom. The van der Waals surface area contributed by atoms with Gasteiger partial charge in [-0.15, -0.1) is 5.10 Å². The Kier molecular flexibility index (Phi) is 4.74. The Labute approximate surface area is 121 Å². The number of benzene rings is 1. The Morgan fingerprint density at radius 2 is 2.26 bits per heavy atom. The van der Waals surface area contributed by atoms with E-state index in [1.165, 1.54) is 11.5 Å². The number of hydrogen-bond donors (Lipinski definition) is 1. The number of hydrogen-bond acceptors (Lipinski definition) is 5. The van der Waals surface area contributed by atoms with E-state index in [2.05, 4.69) is 9.59 Å². The number of methoxy groups -OCH3 is 1. The van der Waals surface area contributed by atoms with Gasteiger partial charge < -0.3 is 10.5 Å². The molecule has 0 aliphatic rings. The van der Waals surface area contributed by atoms with Crippen molar-refractivity contribution in [2.45, 2.75) is 25.8 Å². The average molecular weight is 298 g/mol. The molecule has 2 rings (SSSR count). The topological polar surface area (TPSA) is 61.0 Å². The van der Waals surface area contributed by atoms with Crippen LogP contribution in [0.3, 0.4) is 0 Å². The van der Waals surface area contributed by atoms with Gasteiger partial charge in [0.05, 0.1) is 17.7 Å². The monoisotopic (exact) mass is 297 g/mol. The van der Waals surface area contributed by atoms with E-state index >= 15 is 0 Å². The lowest BCUT2D eigenvalue weighted by molar-refractivity contribution is 0.408. The molecule has 0 aliphatic carbocycles. The molecule has 1 aromatic carbocycles. The van der Waals surface area contributed by atoms with Crippen molar-refractivity contribution in [3.63, 3.8) is 0 Å². The fraction of sp³-hybridized carbons (Fsp3) is 0.385. The molecule has 2 N–H and O–H groups in total. The zero-order chi connectivity index (χ0) is 13.8. The highest BCUT2D eigenvalue weighted by Gasteiger charge is 2.17. The van der Waals surface area contributed by atoms with Gasteiger partial charge in [0.25, 0.3) is 0 Å². The molecule has 19 heavy (non-hydrogen) atoms. The third-order valence-electron chi connectivity index (χ3n) is 2.94. The fourth-order valence-electron chi connectivity index (χ4n) is 1.98. The van der Waals surface area contributed by atoms with Crippen molar-refractivity contribution in [2.75, 3.05) is 7.11 Å². The highest BCUT2D eigenvalue weighted by Crippen LogP contribution is 2.28. The van der Waals surface area contributed by atoms with Crippen LogP contribution >= 0.6 is 23.1 Å². The van der Waals surface area contributed by atoms with Crippen molar-refractivity contribution >= 4 is 23.1 Å². The summed E-state index contributed by atoms with van der Waals surface area (Å²) in [6, 6.07) is 5.42. The molecule has 102 valence electrons. The summed E-state index contributed by atoms with van der Waals surface area (Å²) in [6.45, 7) is 2.05. The van der Waals surface area contributed by atoms with Gasteiger partial charge in [-0.2, -0.15) is 0 Å². The van der Waals surface area contributed by atoms with Gasteiger partial charge in [-0.25, -0.2) is 0 Å². The fourth-order valence-corrected chi connectivity index (χ4v) is 2.91. The molecule has 4 nitrogen and oxygen atoms in total. The van der Waals surface area contributed by atoms with E-state index in [0.29, 0.717) is 11.4 Å². The van der Waals surface area contributed by atoms with Crippen molar-refractivity contribution in [3.05, 3.63) is 39.4 Å². The van der Waals surface area contributed by atoms with E-state index in [1.54, 1.807) is 13.2 Å². The van der Waals surface area contributed by atoms with Crippen LogP contribution < -0.4 is 10.5 Å². The Bertz CT molecular complexity index is 559. The molecule has 0 fully saturated rings. The minimum atomic E-state index is -0.137. The summed E-state index contributed by atoms with van der Waals surface area (Å²) in [5, 5.41) is 4.77. The summed E-state index contributed by atoms with van der Waals surface area (Å²) >= 11 is 7.38. The maximum absolute atomic E-state index is 6.25. The van der Waals surface area contributed by atoms with Gasteiger partial charge in [0.15, 0.2) is 0 Å². The van der Waals surface area contributed by atoms with Crippen molar-refractivity contribution in [1.29, 1.82) is 0 Å². The van der Waals surface area contributed by atoms with E-state index in [1.807, 2.05) is 19.1 Å². The summed E-state index contributed by atoms with van der Waals surface area (Å²) in [5.41, 5.74) is 8.22. The van der Waals surface area contributed by atoms with E-state index in [4.69, 9.17) is 22.1 Å². The molecule has 1 heterocycles. The summed E-state index contributed by atoms with van der Waals surface area (Å²) < 4.78 is 9.30. The minimum absolute atomic E-state index is 0.137. The normalized spacial score (nSPS) is 12.4. The van der Waals surface area contributed by atoms with Crippen molar-refractivity contribution in [2.24, 2.45) is 5.73 Å². The van der Waals surface area contributed by atoms with Crippen LogP contribution in [-0.4, -0.2) is 16.7 Å². The van der Waals surface area contributed by atoms with Crippen LogP contribution in [0.5, 0.6) is 5.75 Å². The molecule has 0 saturated carbocycles. The lowest BCUT2D eigenvalue weighted by Gasteiger charge is -2.13. The zero-order valence-corrected chi connectivity index (χ0v) is 12.5. The molecule has 0 bridgehead atoms. The number of ether oxygens (including phenoxy) is 1. The van der Waals surface area contributed by atoms with E-state index in [0.717, 1.165) is 28.3 Å². The second kappa shape index (κ2) is 6.32. The molecule has 0 amide bonds. The lowest BCUT2D eigenvalue weighted by atomic mass is 10.0. The summed E-state index contributed by atoms with van der Waals surface area (Å²) in [4.78, 5) is 1.03. The number of nitrogens with two attached hydrogens (primary N) is 1. The molecular weight excluding hydrogens is 282 g/mol. The van der Waals surface area contributed by atoms with Gasteiger partial charge in [0, 0.05) is 11.1 Å². The second-order valence-corrected chi connectivity index (χ2v) is 5.43. The predicted molar refractivity (Wildman–Crippen MR) is 77.9 cm³/mol. The summed E-state index contributed by atoms with van der Waals surface area (Å²) in [5.74, 6) is 0.801. The minimum Gasteiger partial charge on any atom is -0.496 e. The third-order valence-corrected chi connectivity index (χ3v) is 4.07. The maximum atomic E-state index is 6.25. The van der Waals surface area contributed by atoms with Crippen LogP contribution in [0.25, 0.3) is 0 Å². The molecule has 1 aromatic heterocycles. The standard InChI is InChI=1S/C13H16ClN3OS/c1-3-11-13(19-17-16-11)10(15)7-8-6-9(14)4-5-12(8)18-2/h4-6,10H,3,7,15H2,1-2H3. The Hall–Kier alpha value is -1.17. The largest absolute Gasteiger partial charge is 0.496 e. The average Bonchev–Trinajstić information content (AvgIpc) is 2.87. The van der Waals surface area contributed by atoms with Gasteiger partial charge >= 0.3 is 0 Å². The van der Waals surface area contributed by atoms with E-state index < -0.39 is 0 Å². The quantitative estimate of drug-likeness (QED) is 0.921. The molecule has 0 saturated heterocycles. The second-order valence-electron chi connectivity index (χ2n) is 4.20. The first-order chi connectivity index (χ1) is 9.15. The van der Waals surface area contributed by atoms with Crippen LogP contribution in [-0.2, 0) is 12.8 Å². The molecular formula is C13H16ClN3OS. The van der Waals surface area contributed by atoms with Crippen molar-refractivity contribution < 1.29 is 4.74 Å². The van der Waals surface area contributed by atoms with Crippen molar-refractivity contribution in [3.8, 4) is 5.75 Å². The number of halogens is 1. The number of aryl methyl sites for hydroxylation is 1. The van der Waals surface area contributed by atoms with Crippen LogP contribution in [0.4, 0.5) is 0 Å². The lowest BCUT2D eigenvalue weighted by Crippen LogP contribution is -2.14. The molecule has 6 heteroatoms. The number of rotatable bonds is 5. The highest BCUT2D eigenvalue weighted by molar-refractivity contribution is 7.05. The van der Waals surface area contributed by atoms with Gasteiger partial charge in [0.2, 0.25) is 0 Å². The van der Waals surface area contributed by atoms with Crippen LogP contribution in [0.1, 0.15) is 29.1 Å². The first-order valence-electron chi connectivity index (χ1n) is 6.04. The molecule has 0 aliphatic heterocycles. The Balaban J connectivity index is 2.23. The van der Waals surface area contributed by atoms with E-state index in [-0.39, 0.29) is 6.04 Å². The molecule has 0 radical (unpaired) electrons. The van der Waals surface area contributed by atoms with Gasteiger partial charge in [-0.05, 0) is 48.1 Å². The van der Waals surface area contributed by atoms with E-state index in [9.17, 15) is 0 Å². The van der Waals surface area contributed by atoms with Crippen LogP contribution in [0.15, 0.2) is 18.2 Å². The molecule has 2 aromatic rings. The third kappa shape index (κ3) is 3.23. The zero-order valence-electron chi connectivity index (χ0n) is 10.9. The maximum Gasteiger partial charge on any atom is 0.122 e. The highest BCUT2D eigenvalue weighted by atomic mass is 35.5. The predicted octanol–water partition coefficient (Wildman–Crippen LogP) is 3.01. The van der Waals surface area contributed by atoms with Crippen LogP contribution in [0.2, 0.25) is 5.02 Å². The first kappa shape index (κ1) is 14.2. The van der Waals surface area contributed by atoms with Gasteiger partial charge in [-0.3, -0.25) is 0 Å². The smallest absolute Gasteiger partial charge is 0.122 e. The molecule has 1 atom stereocenters. The van der Waals surface area contributed by atoms with Gasteiger partial charge in [0.1, 0.15) is 5.75 Å².